The van der Waals surface area contributed by atoms with Crippen molar-refractivity contribution in [2.24, 2.45) is 0 Å². The first-order chi connectivity index (χ1) is 29.3. The Morgan fingerprint density at radius 1 is 0.597 bits per heavy atom. The third kappa shape index (κ3) is 9.77. The maximum absolute atomic E-state index is 13.7. The van der Waals surface area contributed by atoms with Crippen LogP contribution in [-0.2, 0) is 29.1 Å². The number of sulfone groups is 2. The highest BCUT2D eigenvalue weighted by atomic mass is 32.2. The van der Waals surface area contributed by atoms with E-state index in [1.165, 1.54) is 22.3 Å². The summed E-state index contributed by atoms with van der Waals surface area (Å²) >= 11 is 0. The van der Waals surface area contributed by atoms with Crippen molar-refractivity contribution in [3.05, 3.63) is 120 Å². The summed E-state index contributed by atoms with van der Waals surface area (Å²) in [4.78, 5) is 31.4. The van der Waals surface area contributed by atoms with Crippen LogP contribution in [0.25, 0.3) is 21.8 Å². The first kappa shape index (κ1) is 44.6. The SMILES string of the molecule is CC(C)(C)OC(=O)N1CCC(c2cccc3cc(S(=O)(=O)c4ccccc4)n(C(=O)OC(C)(C)C)c23)CC1.O=S(=O)(c1ccccc1)c1cc2cccc(C3CCNCC3)c2[nH]1. The summed E-state index contributed by atoms with van der Waals surface area (Å²) in [5.41, 5.74) is 2.16. The molecule has 2 aliphatic heterocycles. The summed E-state index contributed by atoms with van der Waals surface area (Å²) in [6.45, 7) is 13.8. The van der Waals surface area contributed by atoms with Gasteiger partial charge in [-0.25, -0.2) is 31.0 Å². The van der Waals surface area contributed by atoms with Gasteiger partial charge in [0, 0.05) is 29.4 Å². The first-order valence-electron chi connectivity index (χ1n) is 21.1. The number of benzene rings is 4. The number of piperidine rings is 2. The number of amides is 1. The fraction of sp³-hybridized carbons (Fsp3) is 0.375. The van der Waals surface area contributed by atoms with Gasteiger partial charge in [0.1, 0.15) is 16.2 Å². The average Bonchev–Trinajstić information content (AvgIpc) is 3.88. The van der Waals surface area contributed by atoms with Gasteiger partial charge in [-0.3, -0.25) is 0 Å². The molecule has 4 heterocycles. The number of carbonyl (C=O) groups excluding carboxylic acids is 2. The van der Waals surface area contributed by atoms with E-state index < -0.39 is 37.0 Å². The highest BCUT2D eigenvalue weighted by Crippen LogP contribution is 2.38. The standard InChI is InChI=1S/C29H36N2O6S.C19H20N2O2S/c1-28(2,3)36-26(32)30-17-15-20(16-18-30)23-14-10-11-21-19-24(38(34,35)22-12-8-7-9-13-22)31(25(21)23)27(33)37-29(4,5)6;22-24(23,16-6-2-1-3-7-16)18-13-15-5-4-8-17(19(15)21-18)14-9-11-20-12-10-14/h7-14,19-20H,15-18H2,1-6H3;1-8,13-14,20-21H,9-12H2. The minimum atomic E-state index is -4.02. The first-order valence-corrected chi connectivity index (χ1v) is 24.1. The van der Waals surface area contributed by atoms with Crippen LogP contribution < -0.4 is 5.32 Å². The van der Waals surface area contributed by atoms with Crippen molar-refractivity contribution in [2.75, 3.05) is 26.2 Å². The third-order valence-corrected chi connectivity index (χ3v) is 14.5. The van der Waals surface area contributed by atoms with Crippen LogP contribution in [-0.4, -0.2) is 80.9 Å². The number of hydrogen-bond donors (Lipinski definition) is 2. The number of aromatic nitrogens is 2. The predicted molar refractivity (Wildman–Crippen MR) is 240 cm³/mol. The van der Waals surface area contributed by atoms with Gasteiger partial charge >= 0.3 is 12.2 Å². The molecule has 0 radical (unpaired) electrons. The Kier molecular flexibility index (Phi) is 12.8. The Hall–Kier alpha value is -5.44. The minimum Gasteiger partial charge on any atom is -0.444 e. The Morgan fingerprint density at radius 3 is 1.69 bits per heavy atom. The van der Waals surface area contributed by atoms with E-state index in [4.69, 9.17) is 9.47 Å². The molecule has 2 saturated heterocycles. The van der Waals surface area contributed by atoms with Crippen molar-refractivity contribution in [3.8, 4) is 0 Å². The van der Waals surface area contributed by atoms with E-state index in [0.29, 0.717) is 47.6 Å². The molecule has 2 aromatic heterocycles. The van der Waals surface area contributed by atoms with E-state index in [2.05, 4.69) is 16.4 Å². The summed E-state index contributed by atoms with van der Waals surface area (Å²) in [6, 6.07) is 31.7. The van der Waals surface area contributed by atoms with Gasteiger partial charge in [-0.1, -0.05) is 72.8 Å². The van der Waals surface area contributed by atoms with Gasteiger partial charge < -0.3 is 24.7 Å². The van der Waals surface area contributed by atoms with Gasteiger partial charge in [0.05, 0.1) is 15.3 Å². The zero-order valence-electron chi connectivity index (χ0n) is 36.2. The lowest BCUT2D eigenvalue weighted by molar-refractivity contribution is 0.0205. The van der Waals surface area contributed by atoms with Gasteiger partial charge in [-0.05, 0) is 140 Å². The lowest BCUT2D eigenvalue weighted by Crippen LogP contribution is -2.41. The molecule has 0 spiro atoms. The Labute approximate surface area is 364 Å². The smallest absolute Gasteiger partial charge is 0.420 e. The lowest BCUT2D eigenvalue weighted by atomic mass is 9.88. The molecule has 0 aliphatic carbocycles. The topological polar surface area (TPSA) is 157 Å². The van der Waals surface area contributed by atoms with Crippen molar-refractivity contribution in [2.45, 2.75) is 110 Å². The molecule has 2 aliphatic rings. The van der Waals surface area contributed by atoms with Crippen LogP contribution >= 0.6 is 0 Å². The van der Waals surface area contributed by atoms with E-state index in [9.17, 15) is 26.4 Å². The number of para-hydroxylation sites is 2. The summed E-state index contributed by atoms with van der Waals surface area (Å²) in [6.07, 6.45) is 2.37. The summed E-state index contributed by atoms with van der Waals surface area (Å²) < 4.78 is 65.6. The van der Waals surface area contributed by atoms with E-state index in [1.807, 2.05) is 51.1 Å². The molecular weight excluding hydrogens is 825 g/mol. The van der Waals surface area contributed by atoms with Crippen LogP contribution in [0.4, 0.5) is 9.59 Å². The number of carbonyl (C=O) groups is 2. The molecule has 14 heteroatoms. The molecule has 12 nitrogen and oxygen atoms in total. The number of aromatic amines is 1. The van der Waals surface area contributed by atoms with Crippen LogP contribution in [0, 0.1) is 0 Å². The van der Waals surface area contributed by atoms with Gasteiger partial charge in [0.2, 0.25) is 19.7 Å². The Bertz CT molecular complexity index is 2770. The number of likely N-dealkylation sites (tertiary alicyclic amines) is 1. The second-order valence-corrected chi connectivity index (χ2v) is 21.7. The quantitative estimate of drug-likeness (QED) is 0.166. The fourth-order valence-electron chi connectivity index (χ4n) is 8.20. The minimum absolute atomic E-state index is 0.0146. The molecule has 0 saturated carbocycles. The van der Waals surface area contributed by atoms with Crippen LogP contribution in [0.5, 0.6) is 0 Å². The number of rotatable bonds is 6. The van der Waals surface area contributed by atoms with Crippen molar-refractivity contribution < 1.29 is 35.9 Å². The van der Waals surface area contributed by atoms with Crippen molar-refractivity contribution in [1.82, 2.24) is 19.8 Å². The largest absolute Gasteiger partial charge is 0.444 e. The van der Waals surface area contributed by atoms with E-state index in [-0.39, 0.29) is 27.0 Å². The molecule has 8 rings (SSSR count). The van der Waals surface area contributed by atoms with Gasteiger partial charge in [-0.15, -0.1) is 0 Å². The lowest BCUT2D eigenvalue weighted by Gasteiger charge is -2.34. The van der Waals surface area contributed by atoms with E-state index >= 15 is 0 Å². The maximum Gasteiger partial charge on any atom is 0.420 e. The summed E-state index contributed by atoms with van der Waals surface area (Å²) in [5.74, 6) is 0.488. The molecule has 328 valence electrons. The number of hydrogen-bond acceptors (Lipinski definition) is 9. The van der Waals surface area contributed by atoms with Crippen molar-refractivity contribution in [1.29, 1.82) is 0 Å². The molecule has 4 aromatic carbocycles. The highest BCUT2D eigenvalue weighted by molar-refractivity contribution is 7.91. The zero-order valence-corrected chi connectivity index (χ0v) is 37.8. The third-order valence-electron chi connectivity index (χ3n) is 11.1. The molecular formula is C48H56N4O8S2. The maximum atomic E-state index is 13.7. The number of ether oxygens (including phenoxy) is 2. The van der Waals surface area contributed by atoms with Gasteiger partial charge in [-0.2, -0.15) is 0 Å². The highest BCUT2D eigenvalue weighted by Gasteiger charge is 2.34. The predicted octanol–water partition coefficient (Wildman–Crippen LogP) is 9.84. The average molecular weight is 881 g/mol. The molecule has 0 unspecified atom stereocenters. The molecule has 1 amide bonds. The number of fused-ring (bicyclic) bond motifs is 2. The summed E-state index contributed by atoms with van der Waals surface area (Å²) in [7, 11) is -7.54. The van der Waals surface area contributed by atoms with Gasteiger partial charge in [0.25, 0.3) is 0 Å². The molecule has 0 bridgehead atoms. The zero-order chi connectivity index (χ0) is 44.5. The van der Waals surface area contributed by atoms with Crippen molar-refractivity contribution >= 4 is 53.7 Å². The Morgan fingerprint density at radius 2 is 1.11 bits per heavy atom. The second kappa shape index (κ2) is 17.7. The van der Waals surface area contributed by atoms with Crippen LogP contribution in [0.1, 0.15) is 90.2 Å². The number of nitrogens with one attached hydrogen (secondary N) is 2. The van der Waals surface area contributed by atoms with Crippen LogP contribution in [0.15, 0.2) is 129 Å². The molecule has 6 aromatic rings. The van der Waals surface area contributed by atoms with Crippen molar-refractivity contribution in [3.63, 3.8) is 0 Å². The monoisotopic (exact) mass is 880 g/mol. The molecule has 62 heavy (non-hydrogen) atoms. The normalized spacial score (nSPS) is 15.9. The second-order valence-electron chi connectivity index (χ2n) is 17.9. The Balaban J connectivity index is 0.000000206. The fourth-order valence-corrected chi connectivity index (χ4v) is 10.9. The van der Waals surface area contributed by atoms with Crippen LogP contribution in [0.2, 0.25) is 0 Å². The molecule has 0 atom stereocenters. The van der Waals surface area contributed by atoms with E-state index in [0.717, 1.165) is 42.4 Å². The van der Waals surface area contributed by atoms with Crippen LogP contribution in [0.3, 0.4) is 0 Å². The summed E-state index contributed by atoms with van der Waals surface area (Å²) in [5, 5.41) is 5.11. The van der Waals surface area contributed by atoms with Gasteiger partial charge in [0.15, 0.2) is 5.03 Å². The molecule has 2 N–H and O–H groups in total. The molecule has 2 fully saturated rings. The van der Waals surface area contributed by atoms with E-state index in [1.54, 1.807) is 86.3 Å². The number of nitrogens with zero attached hydrogens (tertiary/aromatic N) is 2. The number of H-pyrrole nitrogens is 1.